The van der Waals surface area contributed by atoms with E-state index in [1.54, 1.807) is 0 Å². The van der Waals surface area contributed by atoms with E-state index in [0.29, 0.717) is 5.69 Å². The van der Waals surface area contributed by atoms with Crippen molar-refractivity contribution in [1.82, 2.24) is 0 Å². The van der Waals surface area contributed by atoms with Crippen molar-refractivity contribution in [3.8, 4) is 0 Å². The summed E-state index contributed by atoms with van der Waals surface area (Å²) >= 11 is 0. The molecule has 0 unspecified atom stereocenters. The van der Waals surface area contributed by atoms with Crippen LogP contribution in [0.5, 0.6) is 0 Å². The summed E-state index contributed by atoms with van der Waals surface area (Å²) in [6.07, 6.45) is 0.177. The molecule has 0 aliphatic carbocycles. The van der Waals surface area contributed by atoms with Gasteiger partial charge in [-0.25, -0.2) is 4.39 Å². The summed E-state index contributed by atoms with van der Waals surface area (Å²) in [6.45, 7) is 3.32. The van der Waals surface area contributed by atoms with E-state index in [0.717, 1.165) is 11.1 Å². The van der Waals surface area contributed by atoms with Gasteiger partial charge < -0.3 is 10.6 Å². The number of benzene rings is 2. The van der Waals surface area contributed by atoms with Gasteiger partial charge in [0.2, 0.25) is 11.8 Å². The molecule has 0 heterocycles. The number of anilines is 2. The monoisotopic (exact) mass is 300 g/mol. The molecular weight excluding hydrogens is 283 g/mol. The fourth-order valence-electron chi connectivity index (χ4n) is 2.00. The van der Waals surface area contributed by atoms with Crippen LogP contribution in [0.3, 0.4) is 0 Å². The second-order valence-corrected chi connectivity index (χ2v) is 5.08. The van der Waals surface area contributed by atoms with Crippen molar-refractivity contribution in [1.29, 1.82) is 0 Å². The van der Waals surface area contributed by atoms with E-state index in [4.69, 9.17) is 0 Å². The predicted octanol–water partition coefficient (Wildman–Crippen LogP) is 3.27. The van der Waals surface area contributed by atoms with Crippen LogP contribution < -0.4 is 10.6 Å². The summed E-state index contributed by atoms with van der Waals surface area (Å²) < 4.78 is 13.3. The van der Waals surface area contributed by atoms with Gasteiger partial charge in [-0.15, -0.1) is 0 Å². The van der Waals surface area contributed by atoms with Crippen LogP contribution in [0, 0.1) is 12.7 Å². The predicted molar refractivity (Wildman–Crippen MR) is 84.2 cm³/mol. The standard InChI is InChI=1S/C17H17FN2O2/c1-11-3-5-13(6-4-11)9-17(22)20-16-10-14(18)7-8-15(16)19-12(2)21/h3-8,10H,9H2,1-2H3,(H,19,21)(H,20,22). The molecule has 0 aliphatic rings. The Morgan fingerprint density at radius 2 is 1.68 bits per heavy atom. The van der Waals surface area contributed by atoms with Crippen LogP contribution >= 0.6 is 0 Å². The average molecular weight is 300 g/mol. The molecule has 0 atom stereocenters. The highest BCUT2D eigenvalue weighted by atomic mass is 19.1. The first-order valence-corrected chi connectivity index (χ1v) is 6.86. The molecule has 2 N–H and O–H groups in total. The van der Waals surface area contributed by atoms with Gasteiger partial charge in [-0.1, -0.05) is 29.8 Å². The number of rotatable bonds is 4. The molecule has 0 saturated carbocycles. The van der Waals surface area contributed by atoms with Crippen LogP contribution in [0.25, 0.3) is 0 Å². The van der Waals surface area contributed by atoms with Crippen molar-refractivity contribution < 1.29 is 14.0 Å². The molecule has 2 amide bonds. The molecule has 0 spiro atoms. The summed E-state index contributed by atoms with van der Waals surface area (Å²) in [5, 5.41) is 5.18. The van der Waals surface area contributed by atoms with Crippen molar-refractivity contribution in [2.45, 2.75) is 20.3 Å². The van der Waals surface area contributed by atoms with E-state index < -0.39 is 5.82 Å². The van der Waals surface area contributed by atoms with E-state index in [-0.39, 0.29) is 23.9 Å². The third kappa shape index (κ3) is 4.41. The quantitative estimate of drug-likeness (QED) is 0.910. The van der Waals surface area contributed by atoms with Crippen molar-refractivity contribution in [3.63, 3.8) is 0 Å². The molecule has 2 aromatic rings. The first kappa shape index (κ1) is 15.7. The smallest absolute Gasteiger partial charge is 0.228 e. The summed E-state index contributed by atoms with van der Waals surface area (Å²) in [5.41, 5.74) is 2.58. The lowest BCUT2D eigenvalue weighted by Gasteiger charge is -2.11. The van der Waals surface area contributed by atoms with Gasteiger partial charge in [0.1, 0.15) is 5.82 Å². The van der Waals surface area contributed by atoms with E-state index in [9.17, 15) is 14.0 Å². The van der Waals surface area contributed by atoms with Gasteiger partial charge in [0.15, 0.2) is 0 Å². The number of hydrogen-bond donors (Lipinski definition) is 2. The maximum Gasteiger partial charge on any atom is 0.228 e. The van der Waals surface area contributed by atoms with Crippen LogP contribution in [0.2, 0.25) is 0 Å². The van der Waals surface area contributed by atoms with E-state index in [2.05, 4.69) is 10.6 Å². The Labute approximate surface area is 128 Å². The lowest BCUT2D eigenvalue weighted by atomic mass is 10.1. The molecule has 2 rings (SSSR count). The van der Waals surface area contributed by atoms with Crippen molar-refractivity contribution in [2.24, 2.45) is 0 Å². The fourth-order valence-corrected chi connectivity index (χ4v) is 2.00. The summed E-state index contributed by atoms with van der Waals surface area (Å²) in [6, 6.07) is 11.4. The number of carbonyl (C=O) groups is 2. The number of hydrogen-bond acceptors (Lipinski definition) is 2. The zero-order valence-corrected chi connectivity index (χ0v) is 12.4. The van der Waals surface area contributed by atoms with Crippen LogP contribution in [-0.2, 0) is 16.0 Å². The van der Waals surface area contributed by atoms with E-state index in [1.807, 2.05) is 31.2 Å². The number of carbonyl (C=O) groups excluding carboxylic acids is 2. The van der Waals surface area contributed by atoms with E-state index >= 15 is 0 Å². The highest BCUT2D eigenvalue weighted by Crippen LogP contribution is 2.23. The average Bonchev–Trinajstić information content (AvgIpc) is 2.44. The lowest BCUT2D eigenvalue weighted by Crippen LogP contribution is -2.17. The minimum atomic E-state index is -0.486. The van der Waals surface area contributed by atoms with E-state index in [1.165, 1.54) is 25.1 Å². The summed E-state index contributed by atoms with van der Waals surface area (Å²) in [7, 11) is 0. The minimum absolute atomic E-state index is 0.177. The van der Waals surface area contributed by atoms with Crippen molar-refractivity contribution >= 4 is 23.2 Å². The molecule has 0 aromatic heterocycles. The van der Waals surface area contributed by atoms with Gasteiger partial charge in [0, 0.05) is 6.92 Å². The molecular formula is C17H17FN2O2. The molecule has 0 aliphatic heterocycles. The number of amides is 2. The molecule has 0 bridgehead atoms. The molecule has 2 aromatic carbocycles. The number of halogens is 1. The zero-order chi connectivity index (χ0) is 16.1. The Balaban J connectivity index is 2.11. The molecule has 0 fully saturated rings. The normalized spacial score (nSPS) is 10.1. The Kier molecular flexibility index (Phi) is 4.88. The zero-order valence-electron chi connectivity index (χ0n) is 12.4. The number of nitrogens with one attached hydrogen (secondary N) is 2. The van der Waals surface area contributed by atoms with Crippen LogP contribution in [0.15, 0.2) is 42.5 Å². The topological polar surface area (TPSA) is 58.2 Å². The highest BCUT2D eigenvalue weighted by Gasteiger charge is 2.10. The highest BCUT2D eigenvalue weighted by molar-refractivity contribution is 5.99. The second kappa shape index (κ2) is 6.85. The molecule has 22 heavy (non-hydrogen) atoms. The molecule has 5 heteroatoms. The van der Waals surface area contributed by atoms with Gasteiger partial charge in [-0.05, 0) is 30.7 Å². The molecule has 114 valence electrons. The maximum atomic E-state index is 13.3. The first-order valence-electron chi connectivity index (χ1n) is 6.86. The third-order valence-corrected chi connectivity index (χ3v) is 3.05. The van der Waals surface area contributed by atoms with Gasteiger partial charge in [-0.3, -0.25) is 9.59 Å². The van der Waals surface area contributed by atoms with Gasteiger partial charge in [0.25, 0.3) is 0 Å². The number of aryl methyl sites for hydroxylation is 1. The fraction of sp³-hybridized carbons (Fsp3) is 0.176. The van der Waals surface area contributed by atoms with Crippen LogP contribution in [0.1, 0.15) is 18.1 Å². The first-order chi connectivity index (χ1) is 10.4. The second-order valence-electron chi connectivity index (χ2n) is 5.08. The maximum absolute atomic E-state index is 13.3. The van der Waals surface area contributed by atoms with Crippen molar-refractivity contribution in [3.05, 3.63) is 59.4 Å². The molecule has 4 nitrogen and oxygen atoms in total. The SMILES string of the molecule is CC(=O)Nc1ccc(F)cc1NC(=O)Cc1ccc(C)cc1. The Bertz CT molecular complexity index is 696. The minimum Gasteiger partial charge on any atom is -0.325 e. The Morgan fingerprint density at radius 3 is 2.32 bits per heavy atom. The summed E-state index contributed by atoms with van der Waals surface area (Å²) in [4.78, 5) is 23.2. The molecule has 0 radical (unpaired) electrons. The van der Waals surface area contributed by atoms with Gasteiger partial charge in [-0.2, -0.15) is 0 Å². The van der Waals surface area contributed by atoms with Crippen LogP contribution in [-0.4, -0.2) is 11.8 Å². The Hall–Kier alpha value is -2.69. The van der Waals surface area contributed by atoms with Gasteiger partial charge in [0.05, 0.1) is 17.8 Å². The Morgan fingerprint density at radius 1 is 1.00 bits per heavy atom. The molecule has 0 saturated heterocycles. The van der Waals surface area contributed by atoms with Gasteiger partial charge >= 0.3 is 0 Å². The third-order valence-electron chi connectivity index (χ3n) is 3.05. The van der Waals surface area contributed by atoms with Crippen molar-refractivity contribution in [2.75, 3.05) is 10.6 Å². The summed E-state index contributed by atoms with van der Waals surface area (Å²) in [5.74, 6) is -1.05. The largest absolute Gasteiger partial charge is 0.325 e. The lowest BCUT2D eigenvalue weighted by molar-refractivity contribution is -0.116. The van der Waals surface area contributed by atoms with Crippen LogP contribution in [0.4, 0.5) is 15.8 Å².